The fraction of sp³-hybridized carbons (Fsp3) is 0.875. The van der Waals surface area contributed by atoms with E-state index in [1.165, 1.54) is 0 Å². The first-order valence-corrected chi connectivity index (χ1v) is 3.77. The molecule has 64 valence electrons. The summed E-state index contributed by atoms with van der Waals surface area (Å²) in [7, 11) is 1.71. The van der Waals surface area contributed by atoms with Crippen molar-refractivity contribution in [1.29, 1.82) is 0 Å². The van der Waals surface area contributed by atoms with Crippen molar-refractivity contribution in [2.45, 2.75) is 39.2 Å². The van der Waals surface area contributed by atoms with Gasteiger partial charge in [0.1, 0.15) is 5.60 Å². The summed E-state index contributed by atoms with van der Waals surface area (Å²) >= 11 is 0. The third-order valence-corrected chi connectivity index (χ3v) is 2.18. The number of rotatable bonds is 3. The van der Waals surface area contributed by atoms with Gasteiger partial charge in [0.2, 0.25) is 0 Å². The van der Waals surface area contributed by atoms with Crippen LogP contribution in [0.25, 0.3) is 0 Å². The van der Waals surface area contributed by atoms with Gasteiger partial charge >= 0.3 is 0 Å². The van der Waals surface area contributed by atoms with E-state index in [4.69, 9.17) is 0 Å². The van der Waals surface area contributed by atoms with Gasteiger partial charge in [0.05, 0.1) is 0 Å². The van der Waals surface area contributed by atoms with E-state index in [0.29, 0.717) is 0 Å². The minimum atomic E-state index is -0.658. The molecule has 0 fully saturated rings. The van der Waals surface area contributed by atoms with Crippen molar-refractivity contribution in [3.63, 3.8) is 0 Å². The molecule has 0 saturated heterocycles. The zero-order valence-electron chi connectivity index (χ0n) is 7.81. The average Bonchev–Trinajstić information content (AvgIpc) is 2.01. The van der Waals surface area contributed by atoms with E-state index in [1.54, 1.807) is 7.05 Å². The summed E-state index contributed by atoms with van der Waals surface area (Å²) < 4.78 is 0. The molecule has 0 rings (SSSR count). The van der Waals surface area contributed by atoms with E-state index in [1.807, 2.05) is 20.8 Å². The predicted molar refractivity (Wildman–Crippen MR) is 44.6 cm³/mol. The number of nitrogens with zero attached hydrogens (tertiary/aromatic N) is 1. The van der Waals surface area contributed by atoms with E-state index < -0.39 is 5.60 Å². The second-order valence-corrected chi connectivity index (χ2v) is 2.55. The maximum Gasteiger partial charge on any atom is 0.101 e. The second kappa shape index (κ2) is 6.49. The maximum absolute atomic E-state index is 9.77. The standard InChI is InChI=1S/C8H17NO.Nd/c1-5-8(10,6-2)7(3)9-4;/h10H,5-6H2,1-4H3;. The molecule has 3 heteroatoms. The van der Waals surface area contributed by atoms with Crippen LogP contribution in [0.5, 0.6) is 0 Å². The molecule has 2 nitrogen and oxygen atoms in total. The summed E-state index contributed by atoms with van der Waals surface area (Å²) in [5.41, 5.74) is 0.173. The minimum Gasteiger partial charge on any atom is -0.384 e. The van der Waals surface area contributed by atoms with Crippen molar-refractivity contribution in [1.82, 2.24) is 0 Å². The predicted octanol–water partition coefficient (Wildman–Crippen LogP) is 1.63. The van der Waals surface area contributed by atoms with Crippen molar-refractivity contribution in [3.05, 3.63) is 0 Å². The molecule has 1 N–H and O–H groups in total. The average molecular weight is 287 g/mol. The van der Waals surface area contributed by atoms with Crippen LogP contribution in [-0.2, 0) is 0 Å². The fourth-order valence-electron chi connectivity index (χ4n) is 0.970. The molecule has 0 heterocycles. The van der Waals surface area contributed by atoms with Gasteiger partial charge in [-0.2, -0.15) is 0 Å². The van der Waals surface area contributed by atoms with Crippen molar-refractivity contribution in [2.24, 2.45) is 4.99 Å². The first-order chi connectivity index (χ1) is 4.60. The fourth-order valence-corrected chi connectivity index (χ4v) is 0.970. The van der Waals surface area contributed by atoms with Gasteiger partial charge in [-0.1, -0.05) is 13.8 Å². The SMILES string of the molecule is CCC(O)(CC)C(C)=NC.[Nd]. The van der Waals surface area contributed by atoms with Crippen LogP contribution in [0.15, 0.2) is 4.99 Å². The summed E-state index contributed by atoms with van der Waals surface area (Å²) in [5.74, 6) is 0. The van der Waals surface area contributed by atoms with Crippen LogP contribution in [0.3, 0.4) is 0 Å². The first kappa shape index (κ1) is 14.5. The van der Waals surface area contributed by atoms with Crippen LogP contribution in [0.2, 0.25) is 0 Å². The number of aliphatic hydroxyl groups is 1. The Labute approximate surface area is 102 Å². The van der Waals surface area contributed by atoms with Gasteiger partial charge in [-0.25, -0.2) is 0 Å². The molecule has 0 radical (unpaired) electrons. The summed E-state index contributed by atoms with van der Waals surface area (Å²) in [6.45, 7) is 5.81. The van der Waals surface area contributed by atoms with Crippen LogP contribution >= 0.6 is 0 Å². The van der Waals surface area contributed by atoms with E-state index in [2.05, 4.69) is 4.99 Å². The molecule has 0 aliphatic carbocycles. The van der Waals surface area contributed by atoms with E-state index in [0.717, 1.165) is 18.6 Å². The molecule has 11 heavy (non-hydrogen) atoms. The third-order valence-electron chi connectivity index (χ3n) is 2.18. The van der Waals surface area contributed by atoms with Gasteiger partial charge in [0.15, 0.2) is 0 Å². The second-order valence-electron chi connectivity index (χ2n) is 2.55. The van der Waals surface area contributed by atoms with Crippen LogP contribution < -0.4 is 0 Å². The molecule has 0 aromatic heterocycles. The van der Waals surface area contributed by atoms with Crippen LogP contribution in [0.1, 0.15) is 33.6 Å². The first-order valence-electron chi connectivity index (χ1n) is 3.77. The summed E-state index contributed by atoms with van der Waals surface area (Å²) in [6, 6.07) is 0. The zero-order valence-corrected chi connectivity index (χ0v) is 11.0. The van der Waals surface area contributed by atoms with Gasteiger partial charge < -0.3 is 5.11 Å². The summed E-state index contributed by atoms with van der Waals surface area (Å²) in [6.07, 6.45) is 1.49. The zero-order chi connectivity index (χ0) is 8.20. The Balaban J connectivity index is 0. The largest absolute Gasteiger partial charge is 0.384 e. The topological polar surface area (TPSA) is 32.6 Å². The Morgan fingerprint density at radius 2 is 1.73 bits per heavy atom. The van der Waals surface area contributed by atoms with E-state index >= 15 is 0 Å². The normalized spacial score (nSPS) is 12.6. The molecule has 0 aliphatic heterocycles. The molecular formula is C8H17NNdO. The molecule has 0 amide bonds. The number of hydrogen-bond acceptors (Lipinski definition) is 2. The Hall–Kier alpha value is 0.981. The Kier molecular flexibility index (Phi) is 8.56. The van der Waals surface area contributed by atoms with Gasteiger partial charge in [0.25, 0.3) is 0 Å². The van der Waals surface area contributed by atoms with Crippen molar-refractivity contribution < 1.29 is 45.9 Å². The van der Waals surface area contributed by atoms with Gasteiger partial charge in [-0.05, 0) is 19.8 Å². The molecule has 0 atom stereocenters. The molecular weight excluding hydrogens is 270 g/mol. The molecule has 0 bridgehead atoms. The number of aliphatic imine (C=N–C) groups is 1. The van der Waals surface area contributed by atoms with Gasteiger partial charge in [0, 0.05) is 53.6 Å². The quantitative estimate of drug-likeness (QED) is 0.786. The van der Waals surface area contributed by atoms with Crippen LogP contribution in [0.4, 0.5) is 0 Å². The summed E-state index contributed by atoms with van der Waals surface area (Å²) in [4.78, 5) is 3.97. The monoisotopic (exact) mass is 285 g/mol. The van der Waals surface area contributed by atoms with Crippen LogP contribution in [-0.4, -0.2) is 23.5 Å². The molecule has 0 spiro atoms. The van der Waals surface area contributed by atoms with E-state index in [9.17, 15) is 5.11 Å². The van der Waals surface area contributed by atoms with Crippen molar-refractivity contribution >= 4 is 5.71 Å². The minimum absolute atomic E-state index is 0. The number of hydrogen-bond donors (Lipinski definition) is 1. The molecule has 0 aliphatic rings. The maximum atomic E-state index is 9.77. The van der Waals surface area contributed by atoms with Crippen molar-refractivity contribution in [3.8, 4) is 0 Å². The Bertz CT molecular complexity index is 130. The van der Waals surface area contributed by atoms with E-state index in [-0.39, 0.29) is 40.8 Å². The van der Waals surface area contributed by atoms with Crippen molar-refractivity contribution in [2.75, 3.05) is 7.05 Å². The Morgan fingerprint density at radius 1 is 1.36 bits per heavy atom. The smallest absolute Gasteiger partial charge is 0.101 e. The molecule has 0 unspecified atom stereocenters. The molecule has 0 saturated carbocycles. The van der Waals surface area contributed by atoms with Gasteiger partial charge in [-0.3, -0.25) is 4.99 Å². The third kappa shape index (κ3) is 3.95. The molecule has 0 aromatic rings. The van der Waals surface area contributed by atoms with Crippen LogP contribution in [0, 0.1) is 40.8 Å². The molecule has 0 aromatic carbocycles. The summed E-state index contributed by atoms with van der Waals surface area (Å²) in [5, 5.41) is 9.77. The van der Waals surface area contributed by atoms with Gasteiger partial charge in [-0.15, -0.1) is 0 Å². The Morgan fingerprint density at radius 3 is 1.82 bits per heavy atom.